The summed E-state index contributed by atoms with van der Waals surface area (Å²) in [5.74, 6) is -2.33. The van der Waals surface area contributed by atoms with Crippen molar-refractivity contribution >= 4 is 11.9 Å². The number of carbonyl (C=O) groups is 2. The van der Waals surface area contributed by atoms with Crippen molar-refractivity contribution in [2.45, 2.75) is 75.9 Å². The molecule has 1 fully saturated rings. The number of hydrogen-bond acceptors (Lipinski definition) is 10. The summed E-state index contributed by atoms with van der Waals surface area (Å²) < 4.78 is 63.5. The van der Waals surface area contributed by atoms with Gasteiger partial charge in [0.25, 0.3) is 0 Å². The van der Waals surface area contributed by atoms with Crippen LogP contribution in [-0.4, -0.2) is 78.6 Å². The van der Waals surface area contributed by atoms with Gasteiger partial charge >= 0.3 is 12.1 Å². The number of halogens is 3. The van der Waals surface area contributed by atoms with Gasteiger partial charge in [-0.3, -0.25) is 14.6 Å². The quantitative estimate of drug-likeness (QED) is 0.263. The van der Waals surface area contributed by atoms with Crippen LogP contribution in [0.15, 0.2) is 36.4 Å². The molecular weight excluding hydrogens is 669 g/mol. The number of esters is 1. The van der Waals surface area contributed by atoms with Gasteiger partial charge in [-0.25, -0.2) is 4.79 Å². The van der Waals surface area contributed by atoms with Crippen LogP contribution in [0.4, 0.5) is 13.2 Å². The number of benzene rings is 3. The number of carbonyl (C=O) groups excluding carboxylic acids is 2. The van der Waals surface area contributed by atoms with Crippen LogP contribution in [0.5, 0.6) is 28.7 Å². The number of aromatic hydroxyl groups is 1. The summed E-state index contributed by atoms with van der Waals surface area (Å²) in [5.41, 5.74) is 3.92. The highest BCUT2D eigenvalue weighted by molar-refractivity contribution is 5.80. The second kappa shape index (κ2) is 13.0. The lowest BCUT2D eigenvalue weighted by Gasteiger charge is -2.60. The molecule has 0 radical (unpaired) electrons. The Bertz CT molecular complexity index is 1950. The number of nitriles is 1. The van der Waals surface area contributed by atoms with E-state index >= 15 is 0 Å². The molecule has 2 N–H and O–H groups in total. The summed E-state index contributed by atoms with van der Waals surface area (Å²) in [4.78, 5) is 29.7. The van der Waals surface area contributed by atoms with Crippen molar-refractivity contribution in [1.29, 1.82) is 5.26 Å². The van der Waals surface area contributed by atoms with Crippen LogP contribution in [0, 0.1) is 25.2 Å². The molecular formula is C37H37F3N4O7. The predicted octanol–water partition coefficient (Wildman–Crippen LogP) is 4.73. The van der Waals surface area contributed by atoms with E-state index in [1.165, 1.54) is 14.0 Å². The first kappa shape index (κ1) is 34.4. The van der Waals surface area contributed by atoms with E-state index in [4.69, 9.17) is 18.9 Å². The zero-order chi connectivity index (χ0) is 36.4. The molecule has 3 aromatic rings. The summed E-state index contributed by atoms with van der Waals surface area (Å²) in [5, 5.41) is 25.5. The first-order valence-corrected chi connectivity index (χ1v) is 16.7. The average molecular weight is 707 g/mol. The summed E-state index contributed by atoms with van der Waals surface area (Å²) in [6.45, 7) is 3.05. The third-order valence-electron chi connectivity index (χ3n) is 10.7. The number of nitrogens with one attached hydrogen (secondary N) is 1. The number of methoxy groups -OCH3 is 1. The van der Waals surface area contributed by atoms with Crippen LogP contribution >= 0.6 is 0 Å². The van der Waals surface area contributed by atoms with E-state index in [0.717, 1.165) is 16.7 Å². The van der Waals surface area contributed by atoms with Crippen LogP contribution in [0.25, 0.3) is 0 Å². The molecule has 14 heteroatoms. The number of aryl methyl sites for hydroxylation is 2. The van der Waals surface area contributed by atoms with Crippen molar-refractivity contribution in [3.05, 3.63) is 75.3 Å². The average Bonchev–Trinajstić information content (AvgIpc) is 3.59. The maximum atomic E-state index is 13.7. The lowest BCUT2D eigenvalue weighted by atomic mass is 9.71. The molecule has 4 aliphatic rings. The number of alkyl halides is 3. The van der Waals surface area contributed by atoms with Crippen molar-refractivity contribution in [3.8, 4) is 34.8 Å². The molecule has 5 atom stereocenters. The predicted molar refractivity (Wildman–Crippen MR) is 176 cm³/mol. The van der Waals surface area contributed by atoms with Gasteiger partial charge in [0.1, 0.15) is 11.8 Å². The van der Waals surface area contributed by atoms with Crippen LogP contribution in [0.1, 0.15) is 57.4 Å². The molecule has 11 nitrogen and oxygen atoms in total. The highest BCUT2D eigenvalue weighted by Crippen LogP contribution is 2.58. The summed E-state index contributed by atoms with van der Waals surface area (Å²) in [6.07, 6.45) is -4.19. The minimum absolute atomic E-state index is 0.0146. The Morgan fingerprint density at radius 2 is 1.80 bits per heavy atom. The molecule has 0 spiro atoms. The van der Waals surface area contributed by atoms with Crippen molar-refractivity contribution in [2.75, 3.05) is 27.5 Å². The molecule has 51 heavy (non-hydrogen) atoms. The molecule has 1 unspecified atom stereocenters. The fourth-order valence-electron chi connectivity index (χ4n) is 8.52. The summed E-state index contributed by atoms with van der Waals surface area (Å²) in [7, 11) is 3.32. The Morgan fingerprint density at radius 3 is 2.49 bits per heavy atom. The SMILES string of the molecule is COc1c(C)cc2c(c1O)[C@@H]1C3Cc4c(OC(=O)C(F)(F)F)c(C)c5c(c4[C@H](CNC(=O)CCc4ccccc4)N3[C@@H](C#N)[C@H](C2)N1C)OCO5. The smallest absolute Gasteiger partial charge is 0.491 e. The Labute approximate surface area is 292 Å². The zero-order valence-electron chi connectivity index (χ0n) is 28.5. The molecule has 1 saturated heterocycles. The van der Waals surface area contributed by atoms with E-state index in [9.17, 15) is 33.1 Å². The highest BCUT2D eigenvalue weighted by Gasteiger charge is 2.57. The first-order chi connectivity index (χ1) is 24.3. The maximum absolute atomic E-state index is 13.7. The molecule has 4 aliphatic heterocycles. The topological polar surface area (TPSA) is 134 Å². The zero-order valence-corrected chi connectivity index (χ0v) is 28.5. The van der Waals surface area contributed by atoms with E-state index in [1.807, 2.05) is 60.2 Å². The molecule has 3 aromatic carbocycles. The first-order valence-electron chi connectivity index (χ1n) is 16.7. The number of nitrogens with zero attached hydrogens (tertiary/aromatic N) is 3. The maximum Gasteiger partial charge on any atom is 0.491 e. The normalized spacial score (nSPS) is 23.4. The molecule has 7 rings (SSSR count). The number of hydrogen-bond donors (Lipinski definition) is 2. The lowest BCUT2D eigenvalue weighted by molar-refractivity contribution is -0.189. The fourth-order valence-corrected chi connectivity index (χ4v) is 8.52. The number of phenols is 1. The van der Waals surface area contributed by atoms with Gasteiger partial charge in [0.15, 0.2) is 23.0 Å². The molecule has 0 saturated carbocycles. The number of amides is 1. The molecule has 0 aromatic heterocycles. The Hall–Kier alpha value is -5.00. The molecule has 2 bridgehead atoms. The van der Waals surface area contributed by atoms with Gasteiger partial charge in [-0.15, -0.1) is 0 Å². The number of piperazine rings is 1. The highest BCUT2D eigenvalue weighted by atomic mass is 19.4. The third kappa shape index (κ3) is 5.68. The lowest BCUT2D eigenvalue weighted by Crippen LogP contribution is -2.68. The minimum Gasteiger partial charge on any atom is -0.504 e. The van der Waals surface area contributed by atoms with Gasteiger partial charge in [0.05, 0.1) is 25.3 Å². The second-order valence-corrected chi connectivity index (χ2v) is 13.4. The standard InChI is InChI=1S/C37H37F3N4O7/c1-18-12-21-13-23-25(15-41)44-24(30(43(23)3)28(21)31(46)32(18)48-4)14-22-29(26(44)16-42-27(45)11-10-20-8-6-5-7-9-20)35-34(49-17-50-35)19(2)33(22)51-36(47)37(38,39)40/h5-9,12,23-26,30,46H,10-11,13-14,16-17H2,1-4H3,(H,42,45)/t23-,24?,25-,26-,30-/m0/s1. The van der Waals surface area contributed by atoms with Gasteiger partial charge in [0, 0.05) is 47.3 Å². The second-order valence-electron chi connectivity index (χ2n) is 13.4. The number of rotatable bonds is 7. The van der Waals surface area contributed by atoms with Crippen molar-refractivity contribution in [2.24, 2.45) is 0 Å². The monoisotopic (exact) mass is 706 g/mol. The van der Waals surface area contributed by atoms with Crippen molar-refractivity contribution < 1.29 is 46.8 Å². The van der Waals surface area contributed by atoms with Gasteiger partial charge in [-0.1, -0.05) is 36.4 Å². The van der Waals surface area contributed by atoms with E-state index in [0.29, 0.717) is 29.7 Å². The van der Waals surface area contributed by atoms with Gasteiger partial charge in [0.2, 0.25) is 12.7 Å². The molecule has 268 valence electrons. The van der Waals surface area contributed by atoms with Crippen LogP contribution in [0.3, 0.4) is 0 Å². The fraction of sp³-hybridized carbons (Fsp3) is 0.432. The van der Waals surface area contributed by atoms with Crippen LogP contribution in [-0.2, 0) is 28.9 Å². The molecule has 4 heterocycles. The van der Waals surface area contributed by atoms with E-state index in [-0.39, 0.29) is 72.3 Å². The van der Waals surface area contributed by atoms with E-state index < -0.39 is 36.3 Å². The summed E-state index contributed by atoms with van der Waals surface area (Å²) >= 11 is 0. The van der Waals surface area contributed by atoms with Gasteiger partial charge in [-0.05, 0) is 56.8 Å². The Kier molecular flexibility index (Phi) is 8.75. The van der Waals surface area contributed by atoms with E-state index in [2.05, 4.69) is 11.4 Å². The number of fused-ring (bicyclic) bond motifs is 9. The summed E-state index contributed by atoms with van der Waals surface area (Å²) in [6, 6.07) is 10.8. The van der Waals surface area contributed by atoms with E-state index in [1.54, 1.807) is 0 Å². The largest absolute Gasteiger partial charge is 0.504 e. The molecule has 1 amide bonds. The number of ether oxygens (including phenoxy) is 4. The van der Waals surface area contributed by atoms with Crippen LogP contribution in [0.2, 0.25) is 0 Å². The van der Waals surface area contributed by atoms with Gasteiger partial charge < -0.3 is 29.4 Å². The molecule has 0 aliphatic carbocycles. The van der Waals surface area contributed by atoms with Crippen molar-refractivity contribution in [3.63, 3.8) is 0 Å². The Morgan fingerprint density at radius 1 is 1.08 bits per heavy atom. The third-order valence-corrected chi connectivity index (χ3v) is 10.7. The van der Waals surface area contributed by atoms with Crippen LogP contribution < -0.4 is 24.3 Å². The van der Waals surface area contributed by atoms with Crippen molar-refractivity contribution in [1.82, 2.24) is 15.1 Å². The number of phenolic OH excluding ortho intramolecular Hbond substituents is 1. The Balaban J connectivity index is 1.38. The van der Waals surface area contributed by atoms with Gasteiger partial charge in [-0.2, -0.15) is 18.4 Å². The number of likely N-dealkylation sites (N-methyl/N-ethyl adjacent to an activating group) is 1. The minimum atomic E-state index is -5.28.